The van der Waals surface area contributed by atoms with E-state index in [-0.39, 0.29) is 18.4 Å². The van der Waals surface area contributed by atoms with Gasteiger partial charge in [-0.1, -0.05) is 18.2 Å². The van der Waals surface area contributed by atoms with Gasteiger partial charge in [-0.15, -0.1) is 0 Å². The Bertz CT molecular complexity index is 899. The maximum absolute atomic E-state index is 12.8. The van der Waals surface area contributed by atoms with Crippen molar-refractivity contribution in [3.05, 3.63) is 48.8 Å². The van der Waals surface area contributed by atoms with Crippen molar-refractivity contribution in [3.8, 4) is 0 Å². The molecule has 1 aromatic carbocycles. The Labute approximate surface area is 168 Å². The van der Waals surface area contributed by atoms with Crippen LogP contribution in [0.5, 0.6) is 0 Å². The summed E-state index contributed by atoms with van der Waals surface area (Å²) in [6.07, 6.45) is 3.37. The Morgan fingerprint density at radius 2 is 1.66 bits per heavy atom. The first-order valence-corrected chi connectivity index (χ1v) is 9.55. The normalized spacial score (nSPS) is 19.8. The molecule has 2 saturated heterocycles. The summed E-state index contributed by atoms with van der Waals surface area (Å²) < 4.78 is 0. The van der Waals surface area contributed by atoms with Crippen LogP contribution in [0, 0.1) is 0 Å². The van der Waals surface area contributed by atoms with Crippen LogP contribution in [0.25, 0.3) is 0 Å². The van der Waals surface area contributed by atoms with Gasteiger partial charge in [0.2, 0.25) is 11.9 Å². The molecule has 0 radical (unpaired) electrons. The van der Waals surface area contributed by atoms with Crippen LogP contribution in [-0.4, -0.2) is 76.4 Å². The molecule has 29 heavy (non-hydrogen) atoms. The first-order valence-electron chi connectivity index (χ1n) is 9.55. The van der Waals surface area contributed by atoms with Crippen LogP contribution >= 0.6 is 0 Å². The number of imide groups is 1. The number of carbonyl (C=O) groups is 3. The highest BCUT2D eigenvalue weighted by Gasteiger charge is 2.44. The van der Waals surface area contributed by atoms with Crippen LogP contribution in [0.15, 0.2) is 48.8 Å². The van der Waals surface area contributed by atoms with Crippen molar-refractivity contribution in [2.45, 2.75) is 13.0 Å². The predicted molar refractivity (Wildman–Crippen MR) is 106 cm³/mol. The van der Waals surface area contributed by atoms with Crippen molar-refractivity contribution >= 4 is 29.5 Å². The van der Waals surface area contributed by atoms with Gasteiger partial charge in [0.1, 0.15) is 12.6 Å². The van der Waals surface area contributed by atoms with E-state index in [4.69, 9.17) is 0 Å². The molecule has 2 aliphatic rings. The molecular formula is C20H22N6O3. The number of para-hydroxylation sites is 1. The van der Waals surface area contributed by atoms with Gasteiger partial charge in [0.15, 0.2) is 0 Å². The number of amides is 4. The number of aromatic nitrogens is 2. The third-order valence-electron chi connectivity index (χ3n) is 5.24. The van der Waals surface area contributed by atoms with Crippen molar-refractivity contribution in [3.63, 3.8) is 0 Å². The zero-order valence-corrected chi connectivity index (χ0v) is 16.1. The van der Waals surface area contributed by atoms with Crippen LogP contribution < -0.4 is 9.80 Å². The number of anilines is 2. The molecule has 0 spiro atoms. The molecule has 1 aromatic heterocycles. The van der Waals surface area contributed by atoms with Gasteiger partial charge >= 0.3 is 6.03 Å². The van der Waals surface area contributed by atoms with Gasteiger partial charge < -0.3 is 9.80 Å². The van der Waals surface area contributed by atoms with E-state index in [1.54, 1.807) is 42.4 Å². The molecule has 4 amide bonds. The Balaban J connectivity index is 1.39. The number of piperazine rings is 1. The Kier molecular flexibility index (Phi) is 5.11. The molecular weight excluding hydrogens is 372 g/mol. The first-order chi connectivity index (χ1) is 14.1. The summed E-state index contributed by atoms with van der Waals surface area (Å²) in [4.78, 5) is 52.8. The summed E-state index contributed by atoms with van der Waals surface area (Å²) in [5.74, 6) is 0.0443. The van der Waals surface area contributed by atoms with E-state index in [0.717, 1.165) is 4.90 Å². The highest BCUT2D eigenvalue weighted by Crippen LogP contribution is 2.25. The van der Waals surface area contributed by atoms with E-state index >= 15 is 0 Å². The zero-order chi connectivity index (χ0) is 20.4. The third-order valence-corrected chi connectivity index (χ3v) is 5.24. The lowest BCUT2D eigenvalue weighted by Gasteiger charge is -2.35. The molecule has 0 saturated carbocycles. The highest BCUT2D eigenvalue weighted by atomic mass is 16.2. The summed E-state index contributed by atoms with van der Waals surface area (Å²) in [5.41, 5.74) is 0.643. The summed E-state index contributed by atoms with van der Waals surface area (Å²) in [6.45, 7) is 3.62. The second-order valence-electron chi connectivity index (χ2n) is 7.01. The van der Waals surface area contributed by atoms with E-state index in [2.05, 4.69) is 9.97 Å². The van der Waals surface area contributed by atoms with Crippen molar-refractivity contribution in [2.75, 3.05) is 42.5 Å². The van der Waals surface area contributed by atoms with Crippen LogP contribution in [0.2, 0.25) is 0 Å². The molecule has 150 valence electrons. The quantitative estimate of drug-likeness (QED) is 0.719. The topological polar surface area (TPSA) is 90.0 Å². The molecule has 2 fully saturated rings. The van der Waals surface area contributed by atoms with Gasteiger partial charge in [-0.2, -0.15) is 0 Å². The smallest absolute Gasteiger partial charge is 0.332 e. The first kappa shape index (κ1) is 18.9. The zero-order valence-electron chi connectivity index (χ0n) is 16.1. The molecule has 0 unspecified atom stereocenters. The van der Waals surface area contributed by atoms with Gasteiger partial charge in [-0.05, 0) is 25.1 Å². The third kappa shape index (κ3) is 3.63. The molecule has 0 aliphatic carbocycles. The standard InChI is InChI=1S/C20H22N6O3/c1-15-18(28)25(20(29)26(15)16-6-3-2-4-7-16)14-17(27)23-10-12-24(13-11-23)19-21-8-5-9-22-19/h2-9,15H,10-14H2,1H3/t15-/m1/s1. The molecule has 3 heterocycles. The average molecular weight is 394 g/mol. The Morgan fingerprint density at radius 1 is 1.00 bits per heavy atom. The van der Waals surface area contributed by atoms with Crippen LogP contribution in [-0.2, 0) is 9.59 Å². The monoisotopic (exact) mass is 394 g/mol. The van der Waals surface area contributed by atoms with Gasteiger partial charge in [0, 0.05) is 44.3 Å². The van der Waals surface area contributed by atoms with Crippen molar-refractivity contribution < 1.29 is 14.4 Å². The summed E-state index contributed by atoms with van der Waals surface area (Å²) >= 11 is 0. The summed E-state index contributed by atoms with van der Waals surface area (Å²) in [6, 6.07) is 9.68. The van der Waals surface area contributed by atoms with Gasteiger partial charge in [0.25, 0.3) is 5.91 Å². The molecule has 2 aliphatic heterocycles. The predicted octanol–water partition coefficient (Wildman–Crippen LogP) is 0.982. The number of carbonyl (C=O) groups excluding carboxylic acids is 3. The largest absolute Gasteiger partial charge is 0.338 e. The van der Waals surface area contributed by atoms with Crippen LogP contribution in [0.3, 0.4) is 0 Å². The number of rotatable bonds is 4. The number of hydrogen-bond acceptors (Lipinski definition) is 6. The summed E-state index contributed by atoms with van der Waals surface area (Å²) in [7, 11) is 0. The van der Waals surface area contributed by atoms with Gasteiger partial charge in [-0.3, -0.25) is 19.4 Å². The number of benzene rings is 1. The Morgan fingerprint density at radius 3 is 2.31 bits per heavy atom. The van der Waals surface area contributed by atoms with E-state index in [0.29, 0.717) is 37.8 Å². The average Bonchev–Trinajstić information content (AvgIpc) is 2.98. The second kappa shape index (κ2) is 7.86. The van der Waals surface area contributed by atoms with Gasteiger partial charge in [0.05, 0.1) is 0 Å². The molecule has 2 aromatic rings. The fourth-order valence-electron chi connectivity index (χ4n) is 3.64. The van der Waals surface area contributed by atoms with Crippen LogP contribution in [0.1, 0.15) is 6.92 Å². The highest BCUT2D eigenvalue weighted by molar-refractivity contribution is 6.15. The minimum absolute atomic E-state index is 0.234. The molecule has 1 atom stereocenters. The van der Waals surface area contributed by atoms with E-state index in [1.165, 1.54) is 4.90 Å². The lowest BCUT2D eigenvalue weighted by atomic mass is 10.2. The second-order valence-corrected chi connectivity index (χ2v) is 7.01. The molecule has 0 N–H and O–H groups in total. The maximum Gasteiger partial charge on any atom is 0.332 e. The fraction of sp³-hybridized carbons (Fsp3) is 0.350. The minimum Gasteiger partial charge on any atom is -0.338 e. The van der Waals surface area contributed by atoms with E-state index < -0.39 is 12.1 Å². The lowest BCUT2D eigenvalue weighted by molar-refractivity contribution is -0.137. The molecule has 0 bridgehead atoms. The molecule has 4 rings (SSSR count). The fourth-order valence-corrected chi connectivity index (χ4v) is 3.64. The SMILES string of the molecule is C[C@@H]1C(=O)N(CC(=O)N2CCN(c3ncccn3)CC2)C(=O)N1c1ccccc1. The number of hydrogen-bond donors (Lipinski definition) is 0. The minimum atomic E-state index is -0.634. The van der Waals surface area contributed by atoms with Crippen molar-refractivity contribution in [1.29, 1.82) is 0 Å². The summed E-state index contributed by atoms with van der Waals surface area (Å²) in [5, 5.41) is 0. The van der Waals surface area contributed by atoms with Gasteiger partial charge in [-0.25, -0.2) is 14.8 Å². The van der Waals surface area contributed by atoms with Crippen molar-refractivity contribution in [2.24, 2.45) is 0 Å². The number of nitrogens with zero attached hydrogens (tertiary/aromatic N) is 6. The van der Waals surface area contributed by atoms with Crippen LogP contribution in [0.4, 0.5) is 16.4 Å². The number of urea groups is 1. The van der Waals surface area contributed by atoms with E-state index in [9.17, 15) is 14.4 Å². The molecule has 9 heteroatoms. The molecule has 9 nitrogen and oxygen atoms in total. The lowest BCUT2D eigenvalue weighted by Crippen LogP contribution is -2.52. The van der Waals surface area contributed by atoms with Crippen molar-refractivity contribution in [1.82, 2.24) is 19.8 Å². The maximum atomic E-state index is 12.8. The Hall–Kier alpha value is -3.49. The van der Waals surface area contributed by atoms with E-state index in [1.807, 2.05) is 23.1 Å².